The minimum absolute atomic E-state index is 0.0258. The predicted octanol–water partition coefficient (Wildman–Crippen LogP) is 13.1. The zero-order valence-electron chi connectivity index (χ0n) is 27.3. The van der Waals surface area contributed by atoms with Gasteiger partial charge in [-0.3, -0.25) is 0 Å². The van der Waals surface area contributed by atoms with Crippen molar-refractivity contribution in [2.75, 3.05) is 0 Å². The molecule has 0 nitrogen and oxygen atoms in total. The third kappa shape index (κ3) is 8.72. The molecule has 18 heteroatoms. The van der Waals surface area contributed by atoms with Crippen molar-refractivity contribution in [3.05, 3.63) is 113 Å². The number of benzene rings is 3. The first-order valence-corrected chi connectivity index (χ1v) is 15.5. The molecule has 0 spiro atoms. The van der Waals surface area contributed by atoms with E-state index in [1.54, 1.807) is 18.2 Å². The maximum absolute atomic E-state index is 14.7. The summed E-state index contributed by atoms with van der Waals surface area (Å²) in [6.07, 6.45) is -19.3. The molecule has 0 amide bonds. The van der Waals surface area contributed by atoms with Crippen LogP contribution >= 0.6 is 0 Å². The summed E-state index contributed by atoms with van der Waals surface area (Å²) in [7, 11) is 0. The maximum Gasteiger partial charge on any atom is 0.459 e. The molecule has 1 aliphatic rings. The van der Waals surface area contributed by atoms with Crippen LogP contribution in [0.15, 0.2) is 85.0 Å². The molecule has 0 aromatic heterocycles. The summed E-state index contributed by atoms with van der Waals surface area (Å²) in [5.74, 6) is -23.0. The van der Waals surface area contributed by atoms with E-state index in [-0.39, 0.29) is 28.7 Å². The highest BCUT2D eigenvalue weighted by molar-refractivity contribution is 5.75. The zero-order chi connectivity index (χ0) is 40.9. The molecule has 3 aromatic rings. The Morgan fingerprint density at radius 3 is 1.41 bits per heavy atom. The Labute approximate surface area is 295 Å². The predicted molar refractivity (Wildman–Crippen MR) is 161 cm³/mol. The minimum Gasteiger partial charge on any atom is -0.227 e. The molecule has 0 saturated heterocycles. The van der Waals surface area contributed by atoms with Gasteiger partial charge in [-0.1, -0.05) is 85.0 Å². The number of hydrogen-bond acceptors (Lipinski definition) is 0. The van der Waals surface area contributed by atoms with Gasteiger partial charge in [-0.25, -0.2) is 13.2 Å². The highest BCUT2D eigenvalue weighted by atomic mass is 19.4. The van der Waals surface area contributed by atoms with Gasteiger partial charge in [0.1, 0.15) is 0 Å². The molecule has 0 bridgehead atoms. The third-order valence-corrected chi connectivity index (χ3v) is 8.84. The summed E-state index contributed by atoms with van der Waals surface area (Å²) in [4.78, 5) is 0. The fourth-order valence-corrected chi connectivity index (χ4v) is 5.51. The van der Waals surface area contributed by atoms with Crippen LogP contribution in [0.3, 0.4) is 0 Å². The van der Waals surface area contributed by atoms with Gasteiger partial charge in [0.05, 0.1) is 0 Å². The second-order valence-corrected chi connectivity index (χ2v) is 12.9. The van der Waals surface area contributed by atoms with Crippen LogP contribution in [0, 0.1) is 0 Å². The van der Waals surface area contributed by atoms with Crippen LogP contribution in [0.5, 0.6) is 0 Å². The summed E-state index contributed by atoms with van der Waals surface area (Å²) in [6, 6.07) is 12.0. The second-order valence-electron chi connectivity index (χ2n) is 12.9. The lowest BCUT2D eigenvalue weighted by atomic mass is 9.86. The lowest BCUT2D eigenvalue weighted by molar-refractivity contribution is -0.354. The molecule has 0 heterocycles. The van der Waals surface area contributed by atoms with E-state index in [9.17, 15) is 79.0 Å². The molecule has 0 fully saturated rings. The van der Waals surface area contributed by atoms with Crippen molar-refractivity contribution >= 4 is 5.57 Å². The maximum atomic E-state index is 14.7. The number of alkyl halides is 18. The van der Waals surface area contributed by atoms with Gasteiger partial charge >= 0.3 is 36.3 Å². The van der Waals surface area contributed by atoms with E-state index in [2.05, 4.69) is 0 Å². The van der Waals surface area contributed by atoms with Crippen molar-refractivity contribution in [2.24, 2.45) is 0 Å². The molecule has 54 heavy (non-hydrogen) atoms. The van der Waals surface area contributed by atoms with Crippen LogP contribution in [-0.4, -0.2) is 47.9 Å². The van der Waals surface area contributed by atoms with Crippen LogP contribution in [0.25, 0.3) is 16.7 Å². The van der Waals surface area contributed by atoms with E-state index in [1.165, 1.54) is 36.4 Å². The fraction of sp³-hybridized carbons (Fsp3) is 0.389. The molecular formula is C36H26F18. The van der Waals surface area contributed by atoms with Gasteiger partial charge < -0.3 is 0 Å². The Kier molecular flexibility index (Phi) is 11.2. The van der Waals surface area contributed by atoms with Gasteiger partial charge in [0.15, 0.2) is 0 Å². The summed E-state index contributed by atoms with van der Waals surface area (Å²) in [6.45, 7) is -0.478. The molecule has 0 saturated carbocycles. The van der Waals surface area contributed by atoms with E-state index >= 15 is 0 Å². The lowest BCUT2D eigenvalue weighted by Gasteiger charge is -2.32. The standard InChI is InChI=1S/C36H26F18/c1-29(37,34(46,47)48)30(38,39)18-21-14-22(19-31(40,41)33(44,45)36(52,53)54)16-28(15-21)27-12-10-26(11-13-27)25-8-6-24(7-9-25)23-4-2-20(3-5-23)17-32(42,43)35(49,50)51/h2-8,10-16,25H,9,17-19H2,1H3. The van der Waals surface area contributed by atoms with Crippen molar-refractivity contribution < 1.29 is 79.0 Å². The van der Waals surface area contributed by atoms with Gasteiger partial charge in [0, 0.05) is 25.2 Å². The Morgan fingerprint density at radius 1 is 0.481 bits per heavy atom. The van der Waals surface area contributed by atoms with Gasteiger partial charge in [0.2, 0.25) is 0 Å². The summed E-state index contributed by atoms with van der Waals surface area (Å²) in [5.41, 5.74) is -6.25. The zero-order valence-corrected chi connectivity index (χ0v) is 27.3. The van der Waals surface area contributed by atoms with Crippen molar-refractivity contribution in [3.8, 4) is 11.1 Å². The second kappa shape index (κ2) is 14.2. The third-order valence-electron chi connectivity index (χ3n) is 8.84. The van der Waals surface area contributed by atoms with Crippen LogP contribution in [-0.2, 0) is 19.3 Å². The summed E-state index contributed by atoms with van der Waals surface area (Å²) < 4.78 is 242. The normalized spacial score (nSPS) is 17.7. The summed E-state index contributed by atoms with van der Waals surface area (Å²) >= 11 is 0. The van der Waals surface area contributed by atoms with Gasteiger partial charge in [-0.2, -0.15) is 65.9 Å². The number of rotatable bonds is 11. The number of halogens is 18. The van der Waals surface area contributed by atoms with Gasteiger partial charge in [0.25, 0.3) is 11.6 Å². The lowest BCUT2D eigenvalue weighted by Crippen LogP contribution is -2.54. The van der Waals surface area contributed by atoms with Crippen molar-refractivity contribution in [3.63, 3.8) is 0 Å². The van der Waals surface area contributed by atoms with Crippen molar-refractivity contribution in [1.82, 2.24) is 0 Å². The first kappa shape index (κ1) is 42.6. The van der Waals surface area contributed by atoms with Crippen LogP contribution in [0.2, 0.25) is 0 Å². The highest BCUT2D eigenvalue weighted by Gasteiger charge is 2.72. The molecule has 2 unspecified atom stereocenters. The summed E-state index contributed by atoms with van der Waals surface area (Å²) in [5, 5.41) is 0. The van der Waals surface area contributed by atoms with E-state index in [0.29, 0.717) is 29.2 Å². The molecule has 0 N–H and O–H groups in total. The van der Waals surface area contributed by atoms with Gasteiger partial charge in [-0.05, 0) is 57.9 Å². The van der Waals surface area contributed by atoms with Crippen molar-refractivity contribution in [2.45, 2.75) is 86.4 Å². The SMILES string of the molecule is CC(F)(C(F)(F)F)C(F)(F)Cc1cc(CC(F)(F)C(F)(F)C(F)(F)F)cc(-c2ccc(C3C=CC(c4ccc(CC(F)(F)C(F)(F)F)cc4)=CC3)cc2)c1. The largest absolute Gasteiger partial charge is 0.459 e. The molecule has 296 valence electrons. The molecule has 3 aromatic carbocycles. The number of allylic oxidation sites excluding steroid dienone is 4. The number of hydrogen-bond donors (Lipinski definition) is 0. The van der Waals surface area contributed by atoms with Crippen LogP contribution < -0.4 is 0 Å². The quantitative estimate of drug-likeness (QED) is 0.170. The smallest absolute Gasteiger partial charge is 0.227 e. The van der Waals surface area contributed by atoms with Crippen LogP contribution in [0.4, 0.5) is 79.0 Å². The van der Waals surface area contributed by atoms with E-state index in [1.807, 2.05) is 0 Å². The minimum atomic E-state index is -6.74. The molecule has 0 aliphatic heterocycles. The average molecular weight is 801 g/mol. The average Bonchev–Trinajstić information content (AvgIpc) is 3.03. The van der Waals surface area contributed by atoms with Crippen LogP contribution in [0.1, 0.15) is 47.1 Å². The fourth-order valence-electron chi connectivity index (χ4n) is 5.51. The highest BCUT2D eigenvalue weighted by Crippen LogP contribution is 2.49. The Balaban J connectivity index is 1.60. The first-order chi connectivity index (χ1) is 24.4. The Morgan fingerprint density at radius 2 is 0.963 bits per heavy atom. The Hall–Kier alpha value is -4.12. The molecule has 4 rings (SSSR count). The van der Waals surface area contributed by atoms with Gasteiger partial charge in [-0.15, -0.1) is 0 Å². The molecular weight excluding hydrogens is 774 g/mol. The topological polar surface area (TPSA) is 0 Å². The van der Waals surface area contributed by atoms with E-state index in [4.69, 9.17) is 0 Å². The van der Waals surface area contributed by atoms with Crippen molar-refractivity contribution in [1.29, 1.82) is 0 Å². The monoisotopic (exact) mass is 800 g/mol. The molecule has 1 aliphatic carbocycles. The first-order valence-electron chi connectivity index (χ1n) is 15.5. The van der Waals surface area contributed by atoms with E-state index in [0.717, 1.165) is 18.2 Å². The van der Waals surface area contributed by atoms with E-state index < -0.39 is 85.2 Å². The molecule has 2 atom stereocenters. The molecule has 0 radical (unpaired) electrons. The Bertz CT molecular complexity index is 1780.